The maximum absolute atomic E-state index is 12.1. The van der Waals surface area contributed by atoms with Crippen molar-refractivity contribution in [3.8, 4) is 0 Å². The lowest BCUT2D eigenvalue weighted by molar-refractivity contribution is -0.123. The maximum Gasteiger partial charge on any atom is 0.224 e. The zero-order valence-corrected chi connectivity index (χ0v) is 14.3. The van der Waals surface area contributed by atoms with Crippen LogP contribution in [0.5, 0.6) is 0 Å². The van der Waals surface area contributed by atoms with Gasteiger partial charge in [-0.1, -0.05) is 27.7 Å². The van der Waals surface area contributed by atoms with Crippen molar-refractivity contribution in [2.24, 2.45) is 16.7 Å². The van der Waals surface area contributed by atoms with Crippen LogP contribution in [0.25, 0.3) is 0 Å². The van der Waals surface area contributed by atoms with Crippen LogP contribution in [0.3, 0.4) is 0 Å². The Hall–Kier alpha value is -0.620. The highest BCUT2D eigenvalue weighted by Gasteiger charge is 2.68. The fourth-order valence-electron chi connectivity index (χ4n) is 2.83. The summed E-state index contributed by atoms with van der Waals surface area (Å²) in [5.41, 5.74) is 0.0822. The normalized spacial score (nSPS) is 20.9. The molecule has 0 aromatic carbocycles. The van der Waals surface area contributed by atoms with E-state index in [2.05, 4.69) is 33.0 Å². The second-order valence-electron chi connectivity index (χ2n) is 6.74. The summed E-state index contributed by atoms with van der Waals surface area (Å²) in [6.07, 6.45) is 0.634. The van der Waals surface area contributed by atoms with Gasteiger partial charge < -0.3 is 5.32 Å². The minimum atomic E-state index is -3.12. The van der Waals surface area contributed by atoms with Crippen LogP contribution < -0.4 is 5.32 Å². The fraction of sp³-hybridized carbons (Fsp3) is 0.929. The fourth-order valence-corrected chi connectivity index (χ4v) is 3.67. The first-order valence-corrected chi connectivity index (χ1v) is 8.81. The van der Waals surface area contributed by atoms with Crippen LogP contribution in [-0.2, 0) is 14.8 Å². The highest BCUT2D eigenvalue weighted by atomic mass is 32.2. The molecule has 1 fully saturated rings. The molecule has 1 aliphatic rings. The van der Waals surface area contributed by atoms with Crippen molar-refractivity contribution in [2.75, 3.05) is 25.9 Å². The number of carbonyl (C=O) groups excluding carboxylic acids is 1. The van der Waals surface area contributed by atoms with Gasteiger partial charge in [-0.05, 0) is 24.2 Å². The Bertz CT molecular complexity index is 455. The molecule has 0 spiro atoms. The van der Waals surface area contributed by atoms with E-state index in [0.717, 1.165) is 0 Å². The molecule has 1 saturated carbocycles. The van der Waals surface area contributed by atoms with Gasteiger partial charge in [0.05, 0.1) is 5.75 Å². The Labute approximate surface area is 123 Å². The largest absolute Gasteiger partial charge is 0.356 e. The Morgan fingerprint density at radius 2 is 1.70 bits per heavy atom. The summed E-state index contributed by atoms with van der Waals surface area (Å²) in [6.45, 7) is 11.0. The first-order chi connectivity index (χ1) is 8.98. The molecule has 5 nitrogen and oxygen atoms in total. The van der Waals surface area contributed by atoms with Gasteiger partial charge in [-0.2, -0.15) is 0 Å². The van der Waals surface area contributed by atoms with Crippen LogP contribution in [0.15, 0.2) is 0 Å². The van der Waals surface area contributed by atoms with Gasteiger partial charge in [0, 0.05) is 26.1 Å². The van der Waals surface area contributed by atoms with E-state index in [1.165, 1.54) is 4.31 Å². The van der Waals surface area contributed by atoms with Gasteiger partial charge in [-0.3, -0.25) is 4.79 Å². The number of carbonyl (C=O) groups is 1. The monoisotopic (exact) mass is 304 g/mol. The van der Waals surface area contributed by atoms with Crippen molar-refractivity contribution in [3.05, 3.63) is 0 Å². The van der Waals surface area contributed by atoms with Gasteiger partial charge in [0.1, 0.15) is 0 Å². The van der Waals surface area contributed by atoms with Crippen molar-refractivity contribution in [2.45, 2.75) is 41.0 Å². The van der Waals surface area contributed by atoms with Crippen LogP contribution in [0.1, 0.15) is 41.0 Å². The SMILES string of the molecule is CCS(=O)(=O)N(C)CCCNC(=O)C1C(C)(C)C1(C)C. The molecule has 0 aromatic rings. The third-order valence-electron chi connectivity index (χ3n) is 5.07. The van der Waals surface area contributed by atoms with E-state index >= 15 is 0 Å². The van der Waals surface area contributed by atoms with E-state index < -0.39 is 10.0 Å². The van der Waals surface area contributed by atoms with Crippen LogP contribution >= 0.6 is 0 Å². The maximum atomic E-state index is 12.1. The molecule has 6 heteroatoms. The summed E-state index contributed by atoms with van der Waals surface area (Å²) in [6, 6.07) is 0. The predicted molar refractivity (Wildman–Crippen MR) is 80.8 cm³/mol. The third-order valence-corrected chi connectivity index (χ3v) is 6.93. The minimum Gasteiger partial charge on any atom is -0.356 e. The summed E-state index contributed by atoms with van der Waals surface area (Å²) in [5, 5.41) is 2.92. The molecular weight excluding hydrogens is 276 g/mol. The van der Waals surface area contributed by atoms with Gasteiger partial charge in [0.2, 0.25) is 15.9 Å². The first-order valence-electron chi connectivity index (χ1n) is 7.20. The van der Waals surface area contributed by atoms with Crippen molar-refractivity contribution < 1.29 is 13.2 Å². The van der Waals surface area contributed by atoms with Crippen molar-refractivity contribution in [1.29, 1.82) is 0 Å². The zero-order chi connectivity index (χ0) is 15.8. The molecule has 1 N–H and O–H groups in total. The van der Waals surface area contributed by atoms with Crippen LogP contribution in [-0.4, -0.2) is 44.5 Å². The second-order valence-corrected chi connectivity index (χ2v) is 9.11. The average molecular weight is 304 g/mol. The second kappa shape index (κ2) is 5.64. The zero-order valence-electron chi connectivity index (χ0n) is 13.5. The Morgan fingerprint density at radius 1 is 1.20 bits per heavy atom. The summed E-state index contributed by atoms with van der Waals surface area (Å²) >= 11 is 0. The number of nitrogens with zero attached hydrogens (tertiary/aromatic N) is 1. The molecule has 0 heterocycles. The highest BCUT2D eigenvalue weighted by Crippen LogP contribution is 2.68. The molecule has 20 heavy (non-hydrogen) atoms. The van der Waals surface area contributed by atoms with Crippen molar-refractivity contribution >= 4 is 15.9 Å². The van der Waals surface area contributed by atoms with Gasteiger partial charge in [-0.15, -0.1) is 0 Å². The molecule has 0 saturated heterocycles. The van der Waals surface area contributed by atoms with Gasteiger partial charge in [0.15, 0.2) is 0 Å². The Balaban J connectivity index is 2.32. The van der Waals surface area contributed by atoms with E-state index in [0.29, 0.717) is 19.5 Å². The van der Waals surface area contributed by atoms with Crippen molar-refractivity contribution in [3.63, 3.8) is 0 Å². The van der Waals surface area contributed by atoms with E-state index in [9.17, 15) is 13.2 Å². The number of nitrogens with one attached hydrogen (secondary N) is 1. The molecule has 1 amide bonds. The standard InChI is InChI=1S/C14H28N2O3S/c1-7-20(18,19)16(6)10-8-9-15-12(17)11-13(2,3)14(11,4)5/h11H,7-10H2,1-6H3,(H,15,17). The number of sulfonamides is 1. The number of hydrogen-bond acceptors (Lipinski definition) is 3. The molecule has 1 rings (SSSR count). The molecule has 0 bridgehead atoms. The van der Waals surface area contributed by atoms with E-state index in [4.69, 9.17) is 0 Å². The molecule has 118 valence electrons. The highest BCUT2D eigenvalue weighted by molar-refractivity contribution is 7.89. The molecule has 0 aliphatic heterocycles. The average Bonchev–Trinajstić information content (AvgIpc) is 2.74. The Kier molecular flexibility index (Phi) is 4.91. The minimum absolute atomic E-state index is 0.0411. The molecule has 0 radical (unpaired) electrons. The van der Waals surface area contributed by atoms with E-state index in [-0.39, 0.29) is 28.4 Å². The Morgan fingerprint density at radius 3 is 2.10 bits per heavy atom. The third kappa shape index (κ3) is 3.17. The number of hydrogen-bond donors (Lipinski definition) is 1. The predicted octanol–water partition coefficient (Wildman–Crippen LogP) is 1.46. The first kappa shape index (κ1) is 17.4. The lowest BCUT2D eigenvalue weighted by Crippen LogP contribution is -2.33. The number of rotatable bonds is 7. The van der Waals surface area contributed by atoms with E-state index in [1.54, 1.807) is 14.0 Å². The van der Waals surface area contributed by atoms with Gasteiger partial charge >= 0.3 is 0 Å². The smallest absolute Gasteiger partial charge is 0.224 e. The van der Waals surface area contributed by atoms with Crippen LogP contribution in [0.4, 0.5) is 0 Å². The lowest BCUT2D eigenvalue weighted by Gasteiger charge is -2.16. The summed E-state index contributed by atoms with van der Waals surface area (Å²) < 4.78 is 24.5. The molecule has 0 unspecified atom stereocenters. The van der Waals surface area contributed by atoms with Gasteiger partial charge in [-0.25, -0.2) is 12.7 Å². The molecule has 1 aliphatic carbocycles. The molecule has 0 aromatic heterocycles. The van der Waals surface area contributed by atoms with Crippen molar-refractivity contribution in [1.82, 2.24) is 9.62 Å². The number of amides is 1. The molecule has 0 atom stereocenters. The lowest BCUT2D eigenvalue weighted by atomic mass is 10.0. The summed E-state index contributed by atoms with van der Waals surface area (Å²) in [4.78, 5) is 12.1. The summed E-state index contributed by atoms with van der Waals surface area (Å²) in [7, 11) is -1.54. The van der Waals surface area contributed by atoms with E-state index in [1.807, 2.05) is 0 Å². The quantitative estimate of drug-likeness (QED) is 0.724. The van der Waals surface area contributed by atoms with Crippen LogP contribution in [0.2, 0.25) is 0 Å². The summed E-state index contributed by atoms with van der Waals surface area (Å²) in [5.74, 6) is 0.244. The van der Waals surface area contributed by atoms with Gasteiger partial charge in [0.25, 0.3) is 0 Å². The molecular formula is C14H28N2O3S. The topological polar surface area (TPSA) is 66.5 Å². The van der Waals surface area contributed by atoms with Crippen LogP contribution in [0, 0.1) is 16.7 Å².